The van der Waals surface area contributed by atoms with Crippen LogP contribution in [0.1, 0.15) is 24.1 Å². The van der Waals surface area contributed by atoms with Crippen molar-refractivity contribution in [3.8, 4) is 5.69 Å². The first kappa shape index (κ1) is 24.5. The maximum atomic E-state index is 13.6. The van der Waals surface area contributed by atoms with Crippen molar-refractivity contribution in [2.45, 2.75) is 30.3 Å². The first-order chi connectivity index (χ1) is 18.0. The Morgan fingerprint density at radius 2 is 2.00 bits per heavy atom. The highest BCUT2D eigenvalue weighted by atomic mass is 32.2. The molecule has 2 aromatic heterocycles. The number of aromatic nitrogens is 3. The number of alkyl halides is 1. The molecular formula is C27H29F2N5O2S. The molecule has 3 aliphatic rings. The lowest BCUT2D eigenvalue weighted by molar-refractivity contribution is 0.0733. The van der Waals surface area contributed by atoms with Gasteiger partial charge in [-0.25, -0.2) is 18.4 Å². The third-order valence-electron chi connectivity index (χ3n) is 7.62. The van der Waals surface area contributed by atoms with Gasteiger partial charge in [-0.2, -0.15) is 5.10 Å². The van der Waals surface area contributed by atoms with Crippen molar-refractivity contribution in [3.05, 3.63) is 71.4 Å². The van der Waals surface area contributed by atoms with Crippen LogP contribution in [-0.2, 0) is 22.5 Å². The van der Waals surface area contributed by atoms with Crippen molar-refractivity contribution in [2.75, 3.05) is 44.8 Å². The molecule has 0 amide bonds. The summed E-state index contributed by atoms with van der Waals surface area (Å²) in [7, 11) is 1.70. The largest absolute Gasteiger partial charge is 0.593 e. The van der Waals surface area contributed by atoms with Crippen LogP contribution in [0, 0.1) is 11.2 Å². The molecule has 10 heteroatoms. The molecule has 7 nitrogen and oxygen atoms in total. The minimum absolute atomic E-state index is 0.281. The molecule has 2 saturated heterocycles. The van der Waals surface area contributed by atoms with Gasteiger partial charge in [-0.15, -0.1) is 4.31 Å². The lowest BCUT2D eigenvalue weighted by Crippen LogP contribution is -2.51. The van der Waals surface area contributed by atoms with Gasteiger partial charge in [0.1, 0.15) is 17.8 Å². The summed E-state index contributed by atoms with van der Waals surface area (Å²) in [6.07, 6.45) is 6.86. The van der Waals surface area contributed by atoms with Gasteiger partial charge in [0.05, 0.1) is 54.8 Å². The molecule has 1 aliphatic carbocycles. The average Bonchev–Trinajstić information content (AvgIpc) is 3.53. The van der Waals surface area contributed by atoms with Crippen molar-refractivity contribution in [1.82, 2.24) is 19.1 Å². The van der Waals surface area contributed by atoms with Crippen LogP contribution in [0.4, 0.5) is 14.6 Å². The summed E-state index contributed by atoms with van der Waals surface area (Å²) in [5.74, 6) is 0.440. The fraction of sp³-hybridized carbons (Fsp3) is 0.407. The molecule has 3 aromatic rings. The maximum Gasteiger partial charge on any atom is 0.192 e. The highest BCUT2D eigenvalue weighted by Crippen LogP contribution is 2.45. The second kappa shape index (κ2) is 9.83. The van der Waals surface area contributed by atoms with Crippen LogP contribution >= 0.6 is 0 Å². The summed E-state index contributed by atoms with van der Waals surface area (Å²) in [4.78, 5) is 7.05. The quantitative estimate of drug-likeness (QED) is 0.454. The summed E-state index contributed by atoms with van der Waals surface area (Å²) < 4.78 is 50.2. The molecule has 0 radical (unpaired) electrons. The first-order valence-corrected chi connectivity index (χ1v) is 13.6. The van der Waals surface area contributed by atoms with Crippen molar-refractivity contribution in [3.63, 3.8) is 0 Å². The Hall–Kier alpha value is -2.79. The lowest BCUT2D eigenvalue weighted by Gasteiger charge is -2.45. The van der Waals surface area contributed by atoms with Gasteiger partial charge in [0.25, 0.3) is 0 Å². The number of ether oxygens (including phenoxy) is 1. The minimum Gasteiger partial charge on any atom is -0.593 e. The van der Waals surface area contributed by atoms with E-state index in [1.165, 1.54) is 17.7 Å². The molecule has 1 unspecified atom stereocenters. The van der Waals surface area contributed by atoms with Crippen LogP contribution in [0.2, 0.25) is 0 Å². The van der Waals surface area contributed by atoms with Gasteiger partial charge in [-0.3, -0.25) is 0 Å². The molecule has 1 aromatic carbocycles. The standard InChI is InChI=1S/C27H29F2N5O2S/c1-36-18-27-13-19-14-31-34(23-4-2-21(28)3-5-23)25(19)12-20(27)8-11-33(17-27)37(35)24-6-7-26(30-15-24)32-10-9-22(29)16-32/h2-7,12,14-15,22H,8-11,13,16-18H2,1H3/t22-,27-,37?/m1/s1. The van der Waals surface area contributed by atoms with E-state index in [1.54, 1.807) is 25.4 Å². The van der Waals surface area contributed by atoms with Crippen molar-refractivity contribution in [2.24, 2.45) is 5.41 Å². The molecule has 0 bridgehead atoms. The zero-order valence-corrected chi connectivity index (χ0v) is 21.5. The van der Waals surface area contributed by atoms with E-state index in [9.17, 15) is 13.3 Å². The van der Waals surface area contributed by atoms with E-state index in [-0.39, 0.29) is 11.2 Å². The van der Waals surface area contributed by atoms with Crippen LogP contribution in [0.15, 0.2) is 59.3 Å². The number of benzene rings is 1. The zero-order valence-electron chi connectivity index (χ0n) is 20.6. The third-order valence-corrected chi connectivity index (χ3v) is 9.05. The Bertz CT molecular complexity index is 1300. The van der Waals surface area contributed by atoms with Gasteiger partial charge < -0.3 is 14.2 Å². The maximum absolute atomic E-state index is 13.6. The van der Waals surface area contributed by atoms with E-state index in [0.717, 1.165) is 29.2 Å². The number of halogens is 2. The molecule has 37 heavy (non-hydrogen) atoms. The van der Waals surface area contributed by atoms with Crippen molar-refractivity contribution >= 4 is 23.3 Å². The van der Waals surface area contributed by atoms with E-state index in [2.05, 4.69) is 16.2 Å². The predicted octanol–water partition coefficient (Wildman–Crippen LogP) is 3.96. The predicted molar refractivity (Wildman–Crippen MR) is 138 cm³/mol. The van der Waals surface area contributed by atoms with Crippen LogP contribution in [0.3, 0.4) is 0 Å². The van der Waals surface area contributed by atoms with Gasteiger partial charge in [-0.05, 0) is 61.2 Å². The topological polar surface area (TPSA) is 69.5 Å². The number of methoxy groups -OCH3 is 1. The fourth-order valence-corrected chi connectivity index (χ4v) is 7.01. The first-order valence-electron chi connectivity index (χ1n) is 12.5. The molecule has 2 aliphatic heterocycles. The third kappa shape index (κ3) is 4.56. The van der Waals surface area contributed by atoms with Crippen molar-refractivity contribution in [1.29, 1.82) is 0 Å². The Morgan fingerprint density at radius 3 is 2.70 bits per heavy atom. The smallest absolute Gasteiger partial charge is 0.192 e. The molecule has 4 heterocycles. The minimum atomic E-state index is -1.38. The highest BCUT2D eigenvalue weighted by molar-refractivity contribution is 7.89. The number of rotatable bonds is 6. The van der Waals surface area contributed by atoms with Crippen LogP contribution in [0.5, 0.6) is 0 Å². The Labute approximate surface area is 218 Å². The van der Waals surface area contributed by atoms with Gasteiger partial charge in [0.2, 0.25) is 0 Å². The monoisotopic (exact) mass is 525 g/mol. The summed E-state index contributed by atoms with van der Waals surface area (Å²) in [5.41, 5.74) is 3.83. The summed E-state index contributed by atoms with van der Waals surface area (Å²) >= 11 is -1.38. The summed E-state index contributed by atoms with van der Waals surface area (Å²) in [5, 5.41) is 4.59. The molecule has 0 N–H and O–H groups in total. The second-order valence-electron chi connectivity index (χ2n) is 10.0. The zero-order chi connectivity index (χ0) is 25.6. The number of hydrogen-bond donors (Lipinski definition) is 0. The lowest BCUT2D eigenvalue weighted by atomic mass is 9.69. The van der Waals surface area contributed by atoms with E-state index in [0.29, 0.717) is 50.5 Å². The average molecular weight is 526 g/mol. The number of hydrogen-bond acceptors (Lipinski definition) is 6. The number of nitrogens with zero attached hydrogens (tertiary/aromatic N) is 5. The van der Waals surface area contributed by atoms with Gasteiger partial charge in [0.15, 0.2) is 4.90 Å². The van der Waals surface area contributed by atoms with Crippen LogP contribution in [0.25, 0.3) is 11.8 Å². The molecule has 194 valence electrons. The highest BCUT2D eigenvalue weighted by Gasteiger charge is 2.46. The number of piperidine rings is 1. The Kier molecular flexibility index (Phi) is 6.52. The van der Waals surface area contributed by atoms with E-state index in [1.807, 2.05) is 32.2 Å². The Morgan fingerprint density at radius 1 is 1.16 bits per heavy atom. The van der Waals surface area contributed by atoms with E-state index in [4.69, 9.17) is 4.74 Å². The molecular weight excluding hydrogens is 496 g/mol. The molecule has 3 atom stereocenters. The summed E-state index contributed by atoms with van der Waals surface area (Å²) in [6.45, 7) is 2.73. The fourth-order valence-electron chi connectivity index (χ4n) is 5.77. The molecule has 0 spiro atoms. The van der Waals surface area contributed by atoms with Gasteiger partial charge >= 0.3 is 0 Å². The van der Waals surface area contributed by atoms with E-state index < -0.39 is 17.5 Å². The molecule has 6 rings (SSSR count). The van der Waals surface area contributed by atoms with Crippen LogP contribution < -0.4 is 4.90 Å². The normalized spacial score (nSPS) is 24.5. The SMILES string of the molecule is COC[C@]12Cc3cnn(-c4ccc(F)cc4)c3C=C1CCN([S+]([O-])c1ccc(N3CC[C@@H](F)C3)nc1)C2. The molecule has 0 saturated carbocycles. The second-order valence-corrected chi connectivity index (χ2v) is 11.5. The number of fused-ring (bicyclic) bond motifs is 2. The van der Waals surface area contributed by atoms with Gasteiger partial charge in [-0.1, -0.05) is 5.57 Å². The van der Waals surface area contributed by atoms with Crippen molar-refractivity contribution < 1.29 is 18.1 Å². The Balaban J connectivity index is 1.23. The summed E-state index contributed by atoms with van der Waals surface area (Å²) in [6, 6.07) is 10.00. The van der Waals surface area contributed by atoms with Crippen LogP contribution in [-0.4, -0.2) is 69.7 Å². The van der Waals surface area contributed by atoms with Gasteiger partial charge in [0, 0.05) is 31.7 Å². The molecule has 2 fully saturated rings. The van der Waals surface area contributed by atoms with E-state index >= 15 is 0 Å². The number of anilines is 1. The number of pyridine rings is 1.